The zero-order valence-corrected chi connectivity index (χ0v) is 12.6. The minimum Gasteiger partial charge on any atom is -0.388 e. The van der Waals surface area contributed by atoms with E-state index in [4.69, 9.17) is 0 Å². The summed E-state index contributed by atoms with van der Waals surface area (Å²) >= 11 is 3.32. The number of nitrogens with one attached hydrogen (secondary N) is 1. The normalized spacial score (nSPS) is 14.8. The smallest absolute Gasteiger partial charge is 0.124 e. The van der Waals surface area contributed by atoms with E-state index in [9.17, 15) is 9.50 Å². The van der Waals surface area contributed by atoms with E-state index in [0.717, 1.165) is 10.0 Å². The van der Waals surface area contributed by atoms with Crippen LogP contribution in [0.3, 0.4) is 0 Å². The van der Waals surface area contributed by atoms with Crippen LogP contribution in [0.2, 0.25) is 0 Å². The molecule has 0 aliphatic heterocycles. The second-order valence-corrected chi connectivity index (χ2v) is 5.93. The highest BCUT2D eigenvalue weighted by atomic mass is 79.9. The van der Waals surface area contributed by atoms with Gasteiger partial charge in [-0.05, 0) is 38.7 Å². The first kappa shape index (κ1) is 15.6. The second kappa shape index (κ2) is 6.61. The van der Waals surface area contributed by atoms with E-state index in [0.29, 0.717) is 19.6 Å². The first-order valence-electron chi connectivity index (χ1n) is 5.82. The summed E-state index contributed by atoms with van der Waals surface area (Å²) in [5.74, 6) is -0.259. The van der Waals surface area contributed by atoms with Crippen molar-refractivity contribution in [3.05, 3.63) is 34.1 Å². The van der Waals surface area contributed by atoms with Gasteiger partial charge in [-0.1, -0.05) is 22.0 Å². The maximum atomic E-state index is 12.9. The first-order valence-corrected chi connectivity index (χ1v) is 6.61. The highest BCUT2D eigenvalue weighted by Crippen LogP contribution is 2.17. The topological polar surface area (TPSA) is 35.5 Å². The fourth-order valence-electron chi connectivity index (χ4n) is 1.87. The number of halogens is 2. The highest BCUT2D eigenvalue weighted by Gasteiger charge is 2.20. The molecule has 0 heterocycles. The van der Waals surface area contributed by atoms with Crippen LogP contribution >= 0.6 is 15.9 Å². The lowest BCUT2D eigenvalue weighted by molar-refractivity contribution is 0.0336. The Hall–Kier alpha value is -0.490. The van der Waals surface area contributed by atoms with Crippen molar-refractivity contribution < 1.29 is 9.50 Å². The van der Waals surface area contributed by atoms with Gasteiger partial charge in [-0.25, -0.2) is 4.39 Å². The molecule has 1 aromatic carbocycles. The van der Waals surface area contributed by atoms with Gasteiger partial charge in [0, 0.05) is 24.1 Å². The van der Waals surface area contributed by atoms with Gasteiger partial charge in [0.2, 0.25) is 0 Å². The van der Waals surface area contributed by atoms with Crippen molar-refractivity contribution in [2.24, 2.45) is 0 Å². The molecule has 2 N–H and O–H groups in total. The molecule has 5 heteroatoms. The zero-order chi connectivity index (χ0) is 13.8. The van der Waals surface area contributed by atoms with Crippen LogP contribution in [0.25, 0.3) is 0 Å². The highest BCUT2D eigenvalue weighted by molar-refractivity contribution is 9.10. The van der Waals surface area contributed by atoms with E-state index in [1.54, 1.807) is 13.0 Å². The Balaban J connectivity index is 2.46. The maximum absolute atomic E-state index is 12.9. The van der Waals surface area contributed by atoms with Crippen molar-refractivity contribution in [2.75, 3.05) is 27.2 Å². The van der Waals surface area contributed by atoms with Crippen LogP contribution in [-0.4, -0.2) is 42.8 Å². The Bertz CT molecular complexity index is 397. The summed E-state index contributed by atoms with van der Waals surface area (Å²) in [5, 5.41) is 13.3. The van der Waals surface area contributed by atoms with Gasteiger partial charge in [-0.15, -0.1) is 0 Å². The molecule has 3 nitrogen and oxygen atoms in total. The van der Waals surface area contributed by atoms with E-state index in [1.165, 1.54) is 12.1 Å². The van der Waals surface area contributed by atoms with Crippen LogP contribution in [-0.2, 0) is 6.54 Å². The van der Waals surface area contributed by atoms with E-state index >= 15 is 0 Å². The lowest BCUT2D eigenvalue weighted by Gasteiger charge is -2.27. The molecule has 0 saturated carbocycles. The molecular formula is C13H20BrFN2O. The summed E-state index contributed by atoms with van der Waals surface area (Å²) in [4.78, 5) is 1.94. The lowest BCUT2D eigenvalue weighted by Crippen LogP contribution is -2.45. The number of rotatable bonds is 6. The van der Waals surface area contributed by atoms with Gasteiger partial charge in [-0.2, -0.15) is 0 Å². The average molecular weight is 319 g/mol. The van der Waals surface area contributed by atoms with Crippen LogP contribution in [0, 0.1) is 5.82 Å². The van der Waals surface area contributed by atoms with E-state index in [2.05, 4.69) is 21.2 Å². The predicted octanol–water partition coefficient (Wildman–Crippen LogP) is 1.99. The molecule has 102 valence electrons. The average Bonchev–Trinajstić information content (AvgIpc) is 2.19. The van der Waals surface area contributed by atoms with Crippen molar-refractivity contribution in [2.45, 2.75) is 19.1 Å². The SMILES string of the molecule is CN(C)CC(C)(O)CNCc1ccc(F)cc1Br. The molecular weight excluding hydrogens is 299 g/mol. The molecule has 0 bridgehead atoms. The van der Waals surface area contributed by atoms with Gasteiger partial charge in [0.25, 0.3) is 0 Å². The van der Waals surface area contributed by atoms with Crippen molar-refractivity contribution in [3.63, 3.8) is 0 Å². The van der Waals surface area contributed by atoms with Gasteiger partial charge in [0.1, 0.15) is 5.82 Å². The van der Waals surface area contributed by atoms with E-state index in [-0.39, 0.29) is 5.82 Å². The van der Waals surface area contributed by atoms with Gasteiger partial charge < -0.3 is 15.3 Å². The Morgan fingerprint density at radius 3 is 2.67 bits per heavy atom. The van der Waals surface area contributed by atoms with Crippen molar-refractivity contribution in [1.82, 2.24) is 10.2 Å². The third-order valence-electron chi connectivity index (χ3n) is 2.49. The molecule has 0 aliphatic carbocycles. The number of likely N-dealkylation sites (N-methyl/N-ethyl adjacent to an activating group) is 1. The fourth-order valence-corrected chi connectivity index (χ4v) is 2.36. The number of hydrogen-bond acceptors (Lipinski definition) is 3. The molecule has 0 spiro atoms. The van der Waals surface area contributed by atoms with Crippen molar-refractivity contribution >= 4 is 15.9 Å². The van der Waals surface area contributed by atoms with Gasteiger partial charge >= 0.3 is 0 Å². The number of nitrogens with zero attached hydrogens (tertiary/aromatic N) is 1. The molecule has 18 heavy (non-hydrogen) atoms. The Kier molecular flexibility index (Phi) is 5.72. The standard InChI is InChI=1S/C13H20BrFN2O/c1-13(18,9-17(2)3)8-16-7-10-4-5-11(15)6-12(10)14/h4-6,16,18H,7-9H2,1-3H3. The second-order valence-electron chi connectivity index (χ2n) is 5.07. The zero-order valence-electron chi connectivity index (χ0n) is 11.0. The molecule has 0 saturated heterocycles. The predicted molar refractivity (Wildman–Crippen MR) is 75.0 cm³/mol. The molecule has 0 fully saturated rings. The summed E-state index contributed by atoms with van der Waals surface area (Å²) in [6, 6.07) is 4.60. The summed E-state index contributed by atoms with van der Waals surface area (Å²) in [6.45, 7) is 3.45. The quantitative estimate of drug-likeness (QED) is 0.842. The van der Waals surface area contributed by atoms with Crippen LogP contribution in [0.1, 0.15) is 12.5 Å². The molecule has 0 radical (unpaired) electrons. The minimum absolute atomic E-state index is 0.259. The number of hydrogen-bond donors (Lipinski definition) is 2. The summed E-state index contributed by atoms with van der Waals surface area (Å²) < 4.78 is 13.6. The fraction of sp³-hybridized carbons (Fsp3) is 0.538. The van der Waals surface area contributed by atoms with Crippen LogP contribution in [0.4, 0.5) is 4.39 Å². The van der Waals surface area contributed by atoms with Gasteiger partial charge in [0.05, 0.1) is 5.60 Å². The molecule has 1 atom stereocenters. The molecule has 0 aliphatic rings. The van der Waals surface area contributed by atoms with Crippen LogP contribution in [0.5, 0.6) is 0 Å². The van der Waals surface area contributed by atoms with Gasteiger partial charge in [-0.3, -0.25) is 0 Å². The lowest BCUT2D eigenvalue weighted by atomic mass is 10.1. The number of aliphatic hydroxyl groups is 1. The molecule has 0 aromatic heterocycles. The molecule has 0 amide bonds. The molecule has 1 aromatic rings. The summed E-state index contributed by atoms with van der Waals surface area (Å²) in [5.41, 5.74) is 0.188. The largest absolute Gasteiger partial charge is 0.388 e. The van der Waals surface area contributed by atoms with Crippen molar-refractivity contribution in [1.29, 1.82) is 0 Å². The molecule has 1 rings (SSSR count). The third kappa shape index (κ3) is 5.44. The Morgan fingerprint density at radius 2 is 2.11 bits per heavy atom. The van der Waals surface area contributed by atoms with Crippen LogP contribution < -0.4 is 5.32 Å². The third-order valence-corrected chi connectivity index (χ3v) is 3.23. The maximum Gasteiger partial charge on any atom is 0.124 e. The Morgan fingerprint density at radius 1 is 1.44 bits per heavy atom. The minimum atomic E-state index is -0.782. The van der Waals surface area contributed by atoms with E-state index < -0.39 is 5.60 Å². The number of benzene rings is 1. The summed E-state index contributed by atoms with van der Waals surface area (Å²) in [6.07, 6.45) is 0. The Labute approximate surface area is 116 Å². The van der Waals surface area contributed by atoms with Crippen molar-refractivity contribution in [3.8, 4) is 0 Å². The van der Waals surface area contributed by atoms with Crippen LogP contribution in [0.15, 0.2) is 22.7 Å². The summed E-state index contributed by atoms with van der Waals surface area (Å²) in [7, 11) is 3.84. The molecule has 1 unspecified atom stereocenters. The monoisotopic (exact) mass is 318 g/mol. The van der Waals surface area contributed by atoms with Gasteiger partial charge in [0.15, 0.2) is 0 Å². The van der Waals surface area contributed by atoms with E-state index in [1.807, 2.05) is 19.0 Å². The first-order chi connectivity index (χ1) is 8.30.